The molecule has 0 saturated carbocycles. The van der Waals surface area contributed by atoms with E-state index in [0.717, 1.165) is 22.4 Å². The predicted octanol–water partition coefficient (Wildman–Crippen LogP) is 3.20. The van der Waals surface area contributed by atoms with Crippen molar-refractivity contribution in [1.82, 2.24) is 0 Å². The van der Waals surface area contributed by atoms with E-state index in [-0.39, 0.29) is 18.8 Å². The minimum Gasteiger partial charge on any atom is -0.492 e. The SMILES string of the molecule is CC(=O)CC1(O)C(=O)N(CCOc2ccc(C)cc2)c2c(C)ccc(C)c21. The second-order valence-corrected chi connectivity index (χ2v) is 7.28. The summed E-state index contributed by atoms with van der Waals surface area (Å²) in [5.41, 5.74) is 2.26. The van der Waals surface area contributed by atoms with E-state index in [1.54, 1.807) is 4.90 Å². The minimum absolute atomic E-state index is 0.224. The van der Waals surface area contributed by atoms with E-state index in [9.17, 15) is 14.7 Å². The average molecular weight is 367 g/mol. The van der Waals surface area contributed by atoms with Crippen LogP contribution in [0, 0.1) is 20.8 Å². The number of amides is 1. The first kappa shape index (κ1) is 19.1. The number of Topliss-reactive ketones (excluding diaryl/α,β-unsaturated/α-hetero) is 1. The van der Waals surface area contributed by atoms with Gasteiger partial charge in [-0.2, -0.15) is 0 Å². The Morgan fingerprint density at radius 2 is 1.70 bits per heavy atom. The third kappa shape index (κ3) is 3.47. The molecule has 1 unspecified atom stereocenters. The maximum atomic E-state index is 13.1. The molecule has 0 saturated heterocycles. The molecule has 1 N–H and O–H groups in total. The quantitative estimate of drug-likeness (QED) is 0.851. The van der Waals surface area contributed by atoms with Crippen LogP contribution in [0.1, 0.15) is 35.6 Å². The van der Waals surface area contributed by atoms with Gasteiger partial charge in [-0.15, -0.1) is 0 Å². The number of rotatable bonds is 6. The van der Waals surface area contributed by atoms with Crippen LogP contribution < -0.4 is 9.64 Å². The summed E-state index contributed by atoms with van der Waals surface area (Å²) in [6, 6.07) is 11.5. The Bertz CT molecular complexity index is 888. The molecule has 0 radical (unpaired) electrons. The molecule has 2 aromatic rings. The molecule has 1 amide bonds. The lowest BCUT2D eigenvalue weighted by Crippen LogP contribution is -2.43. The number of hydrogen-bond acceptors (Lipinski definition) is 4. The molecule has 0 bridgehead atoms. The van der Waals surface area contributed by atoms with Crippen molar-refractivity contribution in [2.75, 3.05) is 18.1 Å². The van der Waals surface area contributed by atoms with Crippen molar-refractivity contribution >= 4 is 17.4 Å². The lowest BCUT2D eigenvalue weighted by atomic mass is 9.86. The van der Waals surface area contributed by atoms with Crippen molar-refractivity contribution in [2.24, 2.45) is 0 Å². The van der Waals surface area contributed by atoms with Gasteiger partial charge < -0.3 is 14.7 Å². The molecule has 2 aromatic carbocycles. The van der Waals surface area contributed by atoms with Crippen LogP contribution in [0.3, 0.4) is 0 Å². The van der Waals surface area contributed by atoms with Crippen molar-refractivity contribution in [3.05, 3.63) is 58.7 Å². The summed E-state index contributed by atoms with van der Waals surface area (Å²) in [4.78, 5) is 26.4. The highest BCUT2D eigenvalue weighted by atomic mass is 16.5. The van der Waals surface area contributed by atoms with E-state index < -0.39 is 11.5 Å². The van der Waals surface area contributed by atoms with Crippen molar-refractivity contribution in [3.8, 4) is 5.75 Å². The van der Waals surface area contributed by atoms with Crippen LogP contribution in [0.5, 0.6) is 5.75 Å². The molecule has 1 aliphatic heterocycles. The Hall–Kier alpha value is -2.66. The maximum Gasteiger partial charge on any atom is 0.264 e. The largest absolute Gasteiger partial charge is 0.492 e. The number of hydrogen-bond donors (Lipinski definition) is 1. The molecular formula is C22H25NO4. The molecule has 1 aliphatic rings. The Morgan fingerprint density at radius 3 is 2.33 bits per heavy atom. The van der Waals surface area contributed by atoms with E-state index in [4.69, 9.17) is 4.74 Å². The van der Waals surface area contributed by atoms with Gasteiger partial charge in [0.05, 0.1) is 12.2 Å². The van der Waals surface area contributed by atoms with Gasteiger partial charge in [0.25, 0.3) is 5.91 Å². The Morgan fingerprint density at radius 1 is 1.07 bits per heavy atom. The van der Waals surface area contributed by atoms with Crippen LogP contribution in [-0.2, 0) is 15.2 Å². The van der Waals surface area contributed by atoms with Gasteiger partial charge >= 0.3 is 0 Å². The lowest BCUT2D eigenvalue weighted by Gasteiger charge is -2.22. The predicted molar refractivity (Wildman–Crippen MR) is 104 cm³/mol. The first-order chi connectivity index (χ1) is 12.7. The minimum atomic E-state index is -1.80. The molecule has 5 heteroatoms. The second kappa shape index (κ2) is 7.16. The van der Waals surface area contributed by atoms with Crippen molar-refractivity contribution in [3.63, 3.8) is 0 Å². The fourth-order valence-corrected chi connectivity index (χ4v) is 3.72. The summed E-state index contributed by atoms with van der Waals surface area (Å²) >= 11 is 0. The zero-order chi connectivity index (χ0) is 19.8. The molecule has 3 rings (SSSR count). The first-order valence-electron chi connectivity index (χ1n) is 9.08. The topological polar surface area (TPSA) is 66.8 Å². The number of nitrogens with zero attached hydrogens (tertiary/aromatic N) is 1. The van der Waals surface area contributed by atoms with E-state index in [0.29, 0.717) is 17.8 Å². The summed E-state index contributed by atoms with van der Waals surface area (Å²) < 4.78 is 5.76. The standard InChI is InChI=1S/C22H25NO4/c1-14-5-9-18(10-6-14)27-12-11-23-20-16(3)8-7-15(2)19(20)22(26,21(23)25)13-17(4)24/h5-10,26H,11-13H2,1-4H3. The molecule has 27 heavy (non-hydrogen) atoms. The van der Waals surface area contributed by atoms with Gasteiger partial charge in [0.15, 0.2) is 5.60 Å². The van der Waals surface area contributed by atoms with E-state index in [2.05, 4.69) is 0 Å². The molecule has 0 spiro atoms. The highest BCUT2D eigenvalue weighted by molar-refractivity contribution is 6.09. The zero-order valence-corrected chi connectivity index (χ0v) is 16.2. The van der Waals surface area contributed by atoms with E-state index in [1.165, 1.54) is 6.92 Å². The number of ketones is 1. The van der Waals surface area contributed by atoms with Gasteiger partial charge in [0, 0.05) is 12.0 Å². The van der Waals surface area contributed by atoms with Crippen LogP contribution in [0.15, 0.2) is 36.4 Å². The molecular weight excluding hydrogens is 342 g/mol. The number of aliphatic hydroxyl groups is 1. The Labute approximate surface area is 159 Å². The summed E-state index contributed by atoms with van der Waals surface area (Å²) in [6.45, 7) is 7.73. The van der Waals surface area contributed by atoms with Crippen LogP contribution >= 0.6 is 0 Å². The number of fused-ring (bicyclic) bond motifs is 1. The highest BCUT2D eigenvalue weighted by Gasteiger charge is 2.51. The monoisotopic (exact) mass is 367 g/mol. The Kier molecular flexibility index (Phi) is 5.07. The van der Waals surface area contributed by atoms with Gasteiger partial charge in [0.2, 0.25) is 0 Å². The van der Waals surface area contributed by atoms with Crippen molar-refractivity contribution in [1.29, 1.82) is 0 Å². The molecule has 0 aliphatic carbocycles. The maximum absolute atomic E-state index is 13.1. The van der Waals surface area contributed by atoms with Crippen molar-refractivity contribution in [2.45, 2.75) is 39.7 Å². The summed E-state index contributed by atoms with van der Waals surface area (Å²) in [6.07, 6.45) is -0.224. The van der Waals surface area contributed by atoms with Crippen molar-refractivity contribution < 1.29 is 19.4 Å². The third-order valence-corrected chi connectivity index (χ3v) is 4.98. The normalized spacial score (nSPS) is 18.6. The fraction of sp³-hybridized carbons (Fsp3) is 0.364. The summed E-state index contributed by atoms with van der Waals surface area (Å²) in [5.74, 6) is 0.0421. The van der Waals surface area contributed by atoms with Gasteiger partial charge in [-0.3, -0.25) is 9.59 Å². The van der Waals surface area contributed by atoms with Gasteiger partial charge in [-0.1, -0.05) is 29.8 Å². The van der Waals surface area contributed by atoms with Crippen LogP contribution in [0.2, 0.25) is 0 Å². The third-order valence-electron chi connectivity index (χ3n) is 4.98. The average Bonchev–Trinajstić information content (AvgIpc) is 2.82. The van der Waals surface area contributed by atoms with Crippen LogP contribution in [-0.4, -0.2) is 29.9 Å². The number of ether oxygens (including phenoxy) is 1. The lowest BCUT2D eigenvalue weighted by molar-refractivity contribution is -0.141. The van der Waals surface area contributed by atoms with Gasteiger partial charge in [-0.05, 0) is 51.0 Å². The number of carbonyl (C=O) groups is 2. The molecule has 1 atom stereocenters. The summed E-state index contributed by atoms with van der Waals surface area (Å²) in [5, 5.41) is 11.2. The molecule has 0 fully saturated rings. The Balaban J connectivity index is 1.88. The number of anilines is 1. The summed E-state index contributed by atoms with van der Waals surface area (Å²) in [7, 11) is 0. The smallest absolute Gasteiger partial charge is 0.264 e. The molecule has 5 nitrogen and oxygen atoms in total. The molecule has 1 heterocycles. The van der Waals surface area contributed by atoms with Crippen LogP contribution in [0.4, 0.5) is 5.69 Å². The zero-order valence-electron chi connectivity index (χ0n) is 16.2. The van der Waals surface area contributed by atoms with Crippen LogP contribution in [0.25, 0.3) is 0 Å². The number of aryl methyl sites for hydroxylation is 3. The molecule has 142 valence electrons. The highest BCUT2D eigenvalue weighted by Crippen LogP contribution is 2.46. The fourth-order valence-electron chi connectivity index (χ4n) is 3.72. The first-order valence-corrected chi connectivity index (χ1v) is 9.08. The second-order valence-electron chi connectivity index (χ2n) is 7.28. The number of carbonyl (C=O) groups excluding carboxylic acids is 2. The van der Waals surface area contributed by atoms with Gasteiger partial charge in [-0.25, -0.2) is 0 Å². The van der Waals surface area contributed by atoms with Gasteiger partial charge in [0.1, 0.15) is 18.1 Å². The van der Waals surface area contributed by atoms with E-state index in [1.807, 2.05) is 57.2 Å². The van der Waals surface area contributed by atoms with E-state index >= 15 is 0 Å². The number of benzene rings is 2. The molecule has 0 aromatic heterocycles.